The van der Waals surface area contributed by atoms with Gasteiger partial charge in [0.1, 0.15) is 12.6 Å². The van der Waals surface area contributed by atoms with Gasteiger partial charge in [0.2, 0.25) is 10.0 Å². The van der Waals surface area contributed by atoms with Gasteiger partial charge in [-0.1, -0.05) is 56.3 Å². The van der Waals surface area contributed by atoms with Crippen LogP contribution in [0, 0.1) is 5.92 Å². The standard InChI is InChI=1S/C22H25NO6S/c1-16(2)20(23-30(26,27)14-13-17-7-5-4-6-8-17)22(25)29-15-18-9-11-19(12-10-18)21(24)28-3/h4-14,16,20,23H,15H2,1-3H3/b14-13+/t20-/m0/s1. The number of sulfonamides is 1. The summed E-state index contributed by atoms with van der Waals surface area (Å²) in [6.07, 6.45) is 1.45. The number of ether oxygens (including phenoxy) is 2. The smallest absolute Gasteiger partial charge is 0.337 e. The Bertz CT molecular complexity index is 982. The Labute approximate surface area is 176 Å². The number of rotatable bonds is 9. The van der Waals surface area contributed by atoms with Gasteiger partial charge in [-0.2, -0.15) is 4.72 Å². The first-order valence-corrected chi connectivity index (χ1v) is 10.9. The van der Waals surface area contributed by atoms with Gasteiger partial charge < -0.3 is 9.47 Å². The van der Waals surface area contributed by atoms with Crippen LogP contribution in [0.2, 0.25) is 0 Å². The lowest BCUT2D eigenvalue weighted by molar-refractivity contribution is -0.148. The van der Waals surface area contributed by atoms with Crippen molar-refractivity contribution in [1.82, 2.24) is 4.72 Å². The van der Waals surface area contributed by atoms with Crippen LogP contribution in [0.3, 0.4) is 0 Å². The Hall–Kier alpha value is -2.97. The molecule has 0 aliphatic carbocycles. The Kier molecular flexibility index (Phi) is 8.32. The highest BCUT2D eigenvalue weighted by atomic mass is 32.2. The third-order valence-electron chi connectivity index (χ3n) is 4.21. The van der Waals surface area contributed by atoms with E-state index in [0.29, 0.717) is 11.1 Å². The molecule has 30 heavy (non-hydrogen) atoms. The second-order valence-electron chi connectivity index (χ2n) is 6.89. The van der Waals surface area contributed by atoms with E-state index in [4.69, 9.17) is 4.74 Å². The molecule has 0 saturated heterocycles. The van der Waals surface area contributed by atoms with Crippen molar-refractivity contribution >= 4 is 28.0 Å². The van der Waals surface area contributed by atoms with Gasteiger partial charge in [-0.25, -0.2) is 13.2 Å². The van der Waals surface area contributed by atoms with E-state index >= 15 is 0 Å². The van der Waals surface area contributed by atoms with Crippen LogP contribution in [0.5, 0.6) is 0 Å². The third-order valence-corrected chi connectivity index (χ3v) is 5.28. The summed E-state index contributed by atoms with van der Waals surface area (Å²) in [6, 6.07) is 14.3. The van der Waals surface area contributed by atoms with Crippen LogP contribution >= 0.6 is 0 Å². The maximum Gasteiger partial charge on any atom is 0.337 e. The Morgan fingerprint density at radius 2 is 1.67 bits per heavy atom. The zero-order valence-corrected chi connectivity index (χ0v) is 17.9. The molecule has 2 aromatic carbocycles. The molecule has 2 rings (SSSR count). The molecule has 8 heteroatoms. The Morgan fingerprint density at radius 1 is 1.03 bits per heavy atom. The van der Waals surface area contributed by atoms with E-state index in [1.54, 1.807) is 62.4 Å². The molecule has 160 valence electrons. The SMILES string of the molecule is COC(=O)c1ccc(COC(=O)[C@@H](NS(=O)(=O)/C=C/c2ccccc2)C(C)C)cc1. The second-order valence-corrected chi connectivity index (χ2v) is 8.49. The van der Waals surface area contributed by atoms with Crippen LogP contribution < -0.4 is 4.72 Å². The van der Waals surface area contributed by atoms with Crippen molar-refractivity contribution in [3.8, 4) is 0 Å². The van der Waals surface area contributed by atoms with E-state index in [2.05, 4.69) is 9.46 Å². The molecule has 0 aromatic heterocycles. The summed E-state index contributed by atoms with van der Waals surface area (Å²) in [6.45, 7) is 3.39. The first kappa shape index (κ1) is 23.3. The van der Waals surface area contributed by atoms with Gasteiger partial charge in [-0.05, 0) is 35.3 Å². The molecule has 0 saturated carbocycles. The molecule has 0 aliphatic rings. The van der Waals surface area contributed by atoms with Gasteiger partial charge in [0.15, 0.2) is 0 Å². The maximum atomic E-state index is 12.5. The van der Waals surface area contributed by atoms with Crippen molar-refractivity contribution in [2.24, 2.45) is 5.92 Å². The van der Waals surface area contributed by atoms with E-state index in [0.717, 1.165) is 11.0 Å². The van der Waals surface area contributed by atoms with E-state index in [-0.39, 0.29) is 12.5 Å². The van der Waals surface area contributed by atoms with Crippen molar-refractivity contribution in [2.75, 3.05) is 7.11 Å². The summed E-state index contributed by atoms with van der Waals surface area (Å²) >= 11 is 0. The molecule has 0 radical (unpaired) electrons. The Balaban J connectivity index is 2.00. The van der Waals surface area contributed by atoms with Crippen LogP contribution in [0.1, 0.15) is 35.3 Å². The van der Waals surface area contributed by atoms with Crippen LogP contribution in [-0.2, 0) is 30.9 Å². The van der Waals surface area contributed by atoms with Crippen LogP contribution in [0.4, 0.5) is 0 Å². The minimum absolute atomic E-state index is 0.0505. The van der Waals surface area contributed by atoms with Gasteiger partial charge in [0.05, 0.1) is 12.7 Å². The minimum Gasteiger partial charge on any atom is -0.465 e. The van der Waals surface area contributed by atoms with Crippen molar-refractivity contribution < 1.29 is 27.5 Å². The predicted octanol–water partition coefficient (Wildman–Crippen LogP) is 3.13. The van der Waals surface area contributed by atoms with Gasteiger partial charge in [0.25, 0.3) is 0 Å². The molecule has 0 bridgehead atoms. The van der Waals surface area contributed by atoms with Crippen molar-refractivity contribution in [2.45, 2.75) is 26.5 Å². The lowest BCUT2D eigenvalue weighted by Crippen LogP contribution is -2.44. The first-order valence-electron chi connectivity index (χ1n) is 9.31. The van der Waals surface area contributed by atoms with Crippen LogP contribution in [0.25, 0.3) is 6.08 Å². The number of carbonyl (C=O) groups is 2. The van der Waals surface area contributed by atoms with Gasteiger partial charge >= 0.3 is 11.9 Å². The molecular formula is C22H25NO6S. The van der Waals surface area contributed by atoms with Gasteiger partial charge in [0, 0.05) is 5.41 Å². The predicted molar refractivity (Wildman–Crippen MR) is 114 cm³/mol. The summed E-state index contributed by atoms with van der Waals surface area (Å²) in [5.41, 5.74) is 1.76. The minimum atomic E-state index is -3.85. The summed E-state index contributed by atoms with van der Waals surface area (Å²) < 4.78 is 37.0. The summed E-state index contributed by atoms with van der Waals surface area (Å²) in [5.74, 6) is -1.46. The van der Waals surface area contributed by atoms with Crippen molar-refractivity contribution in [3.05, 3.63) is 76.7 Å². The van der Waals surface area contributed by atoms with Gasteiger partial charge in [-0.15, -0.1) is 0 Å². The number of carbonyl (C=O) groups excluding carboxylic acids is 2. The molecule has 1 atom stereocenters. The normalized spacial score (nSPS) is 12.7. The molecule has 1 N–H and O–H groups in total. The number of hydrogen-bond acceptors (Lipinski definition) is 6. The monoisotopic (exact) mass is 431 g/mol. The average Bonchev–Trinajstić information content (AvgIpc) is 2.75. The van der Waals surface area contributed by atoms with E-state index in [1.165, 1.54) is 13.2 Å². The van der Waals surface area contributed by atoms with Crippen LogP contribution in [-0.4, -0.2) is 33.5 Å². The highest BCUT2D eigenvalue weighted by Crippen LogP contribution is 2.11. The highest BCUT2D eigenvalue weighted by Gasteiger charge is 2.27. The summed E-state index contributed by atoms with van der Waals surface area (Å²) in [7, 11) is -2.56. The largest absolute Gasteiger partial charge is 0.465 e. The average molecular weight is 432 g/mol. The topological polar surface area (TPSA) is 98.8 Å². The van der Waals surface area contributed by atoms with E-state index in [9.17, 15) is 18.0 Å². The fourth-order valence-corrected chi connectivity index (χ4v) is 3.64. The highest BCUT2D eigenvalue weighted by molar-refractivity contribution is 7.92. The maximum absolute atomic E-state index is 12.5. The number of nitrogens with one attached hydrogen (secondary N) is 1. The number of esters is 2. The molecule has 2 aromatic rings. The van der Waals surface area contributed by atoms with Crippen molar-refractivity contribution in [1.29, 1.82) is 0 Å². The molecule has 0 unspecified atom stereocenters. The van der Waals surface area contributed by atoms with Crippen molar-refractivity contribution in [3.63, 3.8) is 0 Å². The van der Waals surface area contributed by atoms with E-state index < -0.39 is 28.0 Å². The number of methoxy groups -OCH3 is 1. The third kappa shape index (κ3) is 7.13. The number of benzene rings is 2. The summed E-state index contributed by atoms with van der Waals surface area (Å²) in [4.78, 5) is 23.9. The fraction of sp³-hybridized carbons (Fsp3) is 0.273. The Morgan fingerprint density at radius 3 is 2.23 bits per heavy atom. The second kappa shape index (κ2) is 10.7. The number of hydrogen-bond donors (Lipinski definition) is 1. The molecule has 0 aliphatic heterocycles. The zero-order chi connectivity index (χ0) is 22.1. The first-order chi connectivity index (χ1) is 14.2. The van der Waals surface area contributed by atoms with Crippen LogP contribution in [0.15, 0.2) is 60.0 Å². The molecule has 0 heterocycles. The quantitative estimate of drug-likeness (QED) is 0.613. The molecule has 7 nitrogen and oxygen atoms in total. The summed E-state index contributed by atoms with van der Waals surface area (Å²) in [5, 5.41) is 1.02. The zero-order valence-electron chi connectivity index (χ0n) is 17.1. The van der Waals surface area contributed by atoms with E-state index in [1.807, 2.05) is 6.07 Å². The lowest BCUT2D eigenvalue weighted by Gasteiger charge is -2.20. The molecule has 0 amide bonds. The fourth-order valence-electron chi connectivity index (χ4n) is 2.50. The molecule has 0 spiro atoms. The molecular weight excluding hydrogens is 406 g/mol. The molecule has 0 fully saturated rings. The van der Waals surface area contributed by atoms with Gasteiger partial charge in [-0.3, -0.25) is 4.79 Å². The lowest BCUT2D eigenvalue weighted by atomic mass is 10.1.